The summed E-state index contributed by atoms with van der Waals surface area (Å²) in [5.74, 6) is 1.55. The van der Waals surface area contributed by atoms with E-state index in [4.69, 9.17) is 5.26 Å². The Labute approximate surface area is 102 Å². The van der Waals surface area contributed by atoms with Crippen LogP contribution in [-0.4, -0.2) is 24.5 Å². The van der Waals surface area contributed by atoms with Crippen molar-refractivity contribution in [3.63, 3.8) is 0 Å². The third kappa shape index (κ3) is 9.98. The maximum atomic E-state index is 8.55. The minimum Gasteiger partial charge on any atom is -0.303 e. The minimum absolute atomic E-state index is 0.694. The molecule has 0 aliphatic rings. The Bertz CT molecular complexity index is 179. The van der Waals surface area contributed by atoms with Gasteiger partial charge in [-0.2, -0.15) is 5.26 Å². The van der Waals surface area contributed by atoms with E-state index >= 15 is 0 Å². The van der Waals surface area contributed by atoms with E-state index in [0.717, 1.165) is 24.8 Å². The second-order valence-corrected chi connectivity index (χ2v) is 5.47. The molecule has 2 heteroatoms. The smallest absolute Gasteiger partial charge is 0.0622 e. The van der Waals surface area contributed by atoms with Gasteiger partial charge in [0.15, 0.2) is 0 Å². The van der Waals surface area contributed by atoms with E-state index in [0.29, 0.717) is 6.42 Å². The van der Waals surface area contributed by atoms with Crippen molar-refractivity contribution in [3.8, 4) is 6.07 Å². The van der Waals surface area contributed by atoms with Gasteiger partial charge >= 0.3 is 0 Å². The zero-order chi connectivity index (χ0) is 12.4. The fraction of sp³-hybridized carbons (Fsp3) is 0.929. The van der Waals surface area contributed by atoms with Crippen LogP contribution in [0.4, 0.5) is 0 Å². The van der Waals surface area contributed by atoms with Crippen LogP contribution in [0.15, 0.2) is 0 Å². The lowest BCUT2D eigenvalue weighted by atomic mass is 10.1. The Morgan fingerprint density at radius 1 is 0.938 bits per heavy atom. The van der Waals surface area contributed by atoms with Crippen LogP contribution in [0.3, 0.4) is 0 Å². The monoisotopic (exact) mass is 224 g/mol. The number of hydrogen-bond acceptors (Lipinski definition) is 2. The predicted molar refractivity (Wildman–Crippen MR) is 70.2 cm³/mol. The summed E-state index contributed by atoms with van der Waals surface area (Å²) in [6.07, 6.45) is 4.25. The van der Waals surface area contributed by atoms with Gasteiger partial charge in [0, 0.05) is 6.42 Å². The van der Waals surface area contributed by atoms with Crippen molar-refractivity contribution < 1.29 is 0 Å². The molecule has 0 saturated heterocycles. The van der Waals surface area contributed by atoms with Crippen molar-refractivity contribution in [3.05, 3.63) is 0 Å². The van der Waals surface area contributed by atoms with E-state index in [1.165, 1.54) is 25.9 Å². The molecule has 0 bridgehead atoms. The molecule has 0 aromatic carbocycles. The summed E-state index contributed by atoms with van der Waals surface area (Å²) in [4.78, 5) is 2.53. The number of rotatable bonds is 9. The summed E-state index contributed by atoms with van der Waals surface area (Å²) in [5.41, 5.74) is 0. The Kier molecular flexibility index (Phi) is 9.33. The lowest BCUT2D eigenvalue weighted by Crippen LogP contribution is -2.28. The van der Waals surface area contributed by atoms with E-state index in [2.05, 4.69) is 38.7 Å². The van der Waals surface area contributed by atoms with Crippen LogP contribution in [0.25, 0.3) is 0 Å². The van der Waals surface area contributed by atoms with E-state index in [-0.39, 0.29) is 0 Å². The Morgan fingerprint density at radius 3 is 1.81 bits per heavy atom. The average molecular weight is 224 g/mol. The van der Waals surface area contributed by atoms with Gasteiger partial charge in [0.05, 0.1) is 6.07 Å². The van der Waals surface area contributed by atoms with Crippen LogP contribution in [0.5, 0.6) is 0 Å². The maximum absolute atomic E-state index is 8.55. The Balaban J connectivity index is 3.81. The quantitative estimate of drug-likeness (QED) is 0.559. The first kappa shape index (κ1) is 15.4. The summed E-state index contributed by atoms with van der Waals surface area (Å²) < 4.78 is 0. The van der Waals surface area contributed by atoms with Crippen LogP contribution in [0, 0.1) is 23.2 Å². The normalized spacial score (nSPS) is 11.4. The molecule has 0 fully saturated rings. The van der Waals surface area contributed by atoms with Crippen molar-refractivity contribution in [2.75, 3.05) is 19.6 Å². The Morgan fingerprint density at radius 2 is 1.44 bits per heavy atom. The molecule has 2 nitrogen and oxygen atoms in total. The van der Waals surface area contributed by atoms with E-state index in [9.17, 15) is 0 Å². The Hall–Kier alpha value is -0.550. The number of hydrogen-bond donors (Lipinski definition) is 0. The fourth-order valence-corrected chi connectivity index (χ4v) is 1.60. The number of unbranched alkanes of at least 4 members (excludes halogenated alkanes) is 1. The molecule has 0 aromatic rings. The largest absolute Gasteiger partial charge is 0.303 e. The van der Waals surface area contributed by atoms with Crippen LogP contribution < -0.4 is 0 Å². The number of nitrogens with zero attached hydrogens (tertiary/aromatic N) is 2. The van der Waals surface area contributed by atoms with Crippen molar-refractivity contribution >= 4 is 0 Å². The number of nitriles is 1. The molecule has 0 aromatic heterocycles. The maximum Gasteiger partial charge on any atom is 0.0622 e. The second-order valence-electron chi connectivity index (χ2n) is 5.47. The van der Waals surface area contributed by atoms with Crippen LogP contribution in [-0.2, 0) is 0 Å². The first-order valence-corrected chi connectivity index (χ1v) is 6.65. The molecule has 0 unspecified atom stereocenters. The van der Waals surface area contributed by atoms with Gasteiger partial charge in [0.1, 0.15) is 0 Å². The van der Waals surface area contributed by atoms with Gasteiger partial charge in [0.2, 0.25) is 0 Å². The summed E-state index contributed by atoms with van der Waals surface area (Å²) >= 11 is 0. The van der Waals surface area contributed by atoms with Gasteiger partial charge < -0.3 is 4.90 Å². The fourth-order valence-electron chi connectivity index (χ4n) is 1.60. The highest BCUT2D eigenvalue weighted by atomic mass is 15.1. The van der Waals surface area contributed by atoms with Gasteiger partial charge in [-0.25, -0.2) is 0 Å². The zero-order valence-electron chi connectivity index (χ0n) is 11.5. The van der Waals surface area contributed by atoms with Crippen LogP contribution in [0.1, 0.15) is 53.4 Å². The summed E-state index contributed by atoms with van der Waals surface area (Å²) in [5, 5.41) is 8.55. The van der Waals surface area contributed by atoms with Gasteiger partial charge in [-0.05, 0) is 50.7 Å². The van der Waals surface area contributed by atoms with Crippen LogP contribution in [0.2, 0.25) is 0 Å². The highest BCUT2D eigenvalue weighted by Crippen LogP contribution is 2.07. The third-order valence-electron chi connectivity index (χ3n) is 2.81. The van der Waals surface area contributed by atoms with E-state index in [1.807, 2.05) is 0 Å². The van der Waals surface area contributed by atoms with E-state index < -0.39 is 0 Å². The molecule has 94 valence electrons. The topological polar surface area (TPSA) is 27.0 Å². The summed E-state index contributed by atoms with van der Waals surface area (Å²) in [6, 6.07) is 2.23. The van der Waals surface area contributed by atoms with E-state index in [1.54, 1.807) is 0 Å². The molecule has 16 heavy (non-hydrogen) atoms. The van der Waals surface area contributed by atoms with Gasteiger partial charge in [-0.15, -0.1) is 0 Å². The zero-order valence-corrected chi connectivity index (χ0v) is 11.5. The molecule has 0 N–H and O–H groups in total. The predicted octanol–water partition coefficient (Wildman–Crippen LogP) is 3.68. The highest BCUT2D eigenvalue weighted by Gasteiger charge is 2.06. The highest BCUT2D eigenvalue weighted by molar-refractivity contribution is 4.70. The molecule has 0 rings (SSSR count). The standard InChI is InChI=1S/C14H28N2/c1-13(2)7-11-16(10-6-5-9-15)12-8-14(3)4/h13-14H,5-8,10-12H2,1-4H3. The molecular formula is C14H28N2. The lowest BCUT2D eigenvalue weighted by Gasteiger charge is -2.23. The van der Waals surface area contributed by atoms with Crippen molar-refractivity contribution in [1.29, 1.82) is 5.26 Å². The third-order valence-corrected chi connectivity index (χ3v) is 2.81. The van der Waals surface area contributed by atoms with Gasteiger partial charge in [0.25, 0.3) is 0 Å². The first-order chi connectivity index (χ1) is 7.56. The van der Waals surface area contributed by atoms with Crippen molar-refractivity contribution in [2.24, 2.45) is 11.8 Å². The van der Waals surface area contributed by atoms with Crippen molar-refractivity contribution in [2.45, 2.75) is 53.4 Å². The first-order valence-electron chi connectivity index (χ1n) is 6.65. The molecule has 0 saturated carbocycles. The van der Waals surface area contributed by atoms with Gasteiger partial charge in [-0.1, -0.05) is 27.7 Å². The van der Waals surface area contributed by atoms with Gasteiger partial charge in [-0.3, -0.25) is 0 Å². The molecule has 0 heterocycles. The van der Waals surface area contributed by atoms with Crippen LogP contribution >= 0.6 is 0 Å². The minimum atomic E-state index is 0.694. The van der Waals surface area contributed by atoms with Crippen molar-refractivity contribution in [1.82, 2.24) is 4.90 Å². The molecule has 0 radical (unpaired) electrons. The molecule has 0 aliphatic heterocycles. The SMILES string of the molecule is CC(C)CCN(CCCC#N)CCC(C)C. The molecule has 0 amide bonds. The summed E-state index contributed by atoms with van der Waals surface area (Å²) in [6.45, 7) is 12.6. The molecule has 0 atom stereocenters. The molecular weight excluding hydrogens is 196 g/mol. The summed E-state index contributed by atoms with van der Waals surface area (Å²) in [7, 11) is 0. The molecule has 0 aliphatic carbocycles. The lowest BCUT2D eigenvalue weighted by molar-refractivity contribution is 0.242. The average Bonchev–Trinajstić information content (AvgIpc) is 2.21. The second kappa shape index (κ2) is 9.66. The molecule has 0 spiro atoms.